The van der Waals surface area contributed by atoms with Crippen molar-refractivity contribution in [2.24, 2.45) is 0 Å². The van der Waals surface area contributed by atoms with E-state index in [0.717, 1.165) is 36.8 Å². The average Bonchev–Trinajstić information content (AvgIpc) is 2.77. The largest absolute Gasteiger partial charge is 0.478 e. The summed E-state index contributed by atoms with van der Waals surface area (Å²) < 4.78 is 32.4. The maximum Gasteiger partial charge on any atom is 0.335 e. The second-order valence-corrected chi connectivity index (χ2v) is 10.3. The number of carbonyl (C=O) groups is 1. The van der Waals surface area contributed by atoms with E-state index < -0.39 is 15.8 Å². The first-order valence-corrected chi connectivity index (χ1v) is 12.9. The van der Waals surface area contributed by atoms with Gasteiger partial charge in [0.1, 0.15) is 10.6 Å². The van der Waals surface area contributed by atoms with Gasteiger partial charge in [0.25, 0.3) is 0 Å². The van der Waals surface area contributed by atoms with E-state index in [4.69, 9.17) is 4.74 Å². The lowest BCUT2D eigenvalue weighted by atomic mass is 10.1. The lowest BCUT2D eigenvalue weighted by Crippen LogP contribution is -2.27. The summed E-state index contributed by atoms with van der Waals surface area (Å²) in [5, 5.41) is 9.71. The van der Waals surface area contributed by atoms with Crippen LogP contribution in [0.3, 0.4) is 0 Å². The van der Waals surface area contributed by atoms with Crippen molar-refractivity contribution in [1.82, 2.24) is 0 Å². The van der Waals surface area contributed by atoms with Gasteiger partial charge in [-0.25, -0.2) is 13.2 Å². The van der Waals surface area contributed by atoms with Gasteiger partial charge in [0.05, 0.1) is 17.0 Å². The van der Waals surface area contributed by atoms with Gasteiger partial charge in [-0.3, -0.25) is 0 Å². The predicted octanol–water partition coefficient (Wildman–Crippen LogP) is 5.99. The number of nitrogens with zero attached hydrogens (tertiary/aromatic N) is 1. The highest BCUT2D eigenvalue weighted by atomic mass is 32.2. The molecule has 2 aromatic carbocycles. The normalized spacial score (nSPS) is 11.4. The molecule has 0 aliphatic carbocycles. The van der Waals surface area contributed by atoms with Crippen LogP contribution in [0.1, 0.15) is 67.9 Å². The van der Waals surface area contributed by atoms with Crippen LogP contribution in [-0.2, 0) is 9.84 Å². The smallest absolute Gasteiger partial charge is 0.335 e. The van der Waals surface area contributed by atoms with E-state index in [9.17, 15) is 18.3 Å². The molecule has 0 atom stereocenters. The van der Waals surface area contributed by atoms with Crippen LogP contribution in [-0.4, -0.2) is 38.3 Å². The van der Waals surface area contributed by atoms with Crippen LogP contribution in [0, 0.1) is 13.8 Å². The summed E-state index contributed by atoms with van der Waals surface area (Å²) in [4.78, 5) is 13.9. The zero-order chi connectivity index (χ0) is 23.9. The molecule has 0 bridgehead atoms. The van der Waals surface area contributed by atoms with Crippen molar-refractivity contribution < 1.29 is 23.1 Å². The van der Waals surface area contributed by atoms with Gasteiger partial charge in [0.2, 0.25) is 0 Å². The van der Waals surface area contributed by atoms with Crippen molar-refractivity contribution in [2.45, 2.75) is 65.2 Å². The predicted molar refractivity (Wildman–Crippen MR) is 129 cm³/mol. The van der Waals surface area contributed by atoms with Gasteiger partial charge < -0.3 is 14.7 Å². The number of ether oxygens (including phenoxy) is 1. The Kier molecular flexibility index (Phi) is 9.13. The number of anilines is 1. The quantitative estimate of drug-likeness (QED) is 0.418. The third kappa shape index (κ3) is 6.03. The summed E-state index contributed by atoms with van der Waals surface area (Å²) in [5.74, 6) is -0.545. The lowest BCUT2D eigenvalue weighted by molar-refractivity contribution is 0.0696. The molecule has 0 radical (unpaired) electrons. The molecule has 0 saturated heterocycles. The molecule has 2 aromatic rings. The van der Waals surface area contributed by atoms with Crippen LogP contribution < -0.4 is 9.64 Å². The number of hydrogen-bond donors (Lipinski definition) is 1. The van der Waals surface area contributed by atoms with Crippen molar-refractivity contribution >= 4 is 21.5 Å². The van der Waals surface area contributed by atoms with Crippen LogP contribution in [0.4, 0.5) is 5.69 Å². The van der Waals surface area contributed by atoms with E-state index >= 15 is 0 Å². The molecule has 0 spiro atoms. The Hall–Kier alpha value is -2.54. The Balaban J connectivity index is 2.82. The summed E-state index contributed by atoms with van der Waals surface area (Å²) in [6.45, 7) is 11.0. The van der Waals surface area contributed by atoms with Gasteiger partial charge in [-0.2, -0.15) is 0 Å². The van der Waals surface area contributed by atoms with Crippen molar-refractivity contribution in [3.8, 4) is 11.5 Å². The fourth-order valence-electron chi connectivity index (χ4n) is 3.43. The van der Waals surface area contributed by atoms with Crippen LogP contribution in [0.2, 0.25) is 0 Å². The molecule has 0 heterocycles. The Morgan fingerprint density at radius 1 is 1.03 bits per heavy atom. The number of rotatable bonds is 12. The highest BCUT2D eigenvalue weighted by molar-refractivity contribution is 7.91. The second kappa shape index (κ2) is 11.4. The molecular formula is C25H35NO5S. The summed E-state index contributed by atoms with van der Waals surface area (Å²) in [6.07, 6.45) is 3.74. The summed E-state index contributed by atoms with van der Waals surface area (Å²) >= 11 is 0. The Morgan fingerprint density at radius 2 is 1.66 bits per heavy atom. The minimum Gasteiger partial charge on any atom is -0.478 e. The molecule has 32 heavy (non-hydrogen) atoms. The van der Waals surface area contributed by atoms with Crippen molar-refractivity contribution in [1.29, 1.82) is 0 Å². The first-order chi connectivity index (χ1) is 15.2. The summed E-state index contributed by atoms with van der Waals surface area (Å²) in [5.41, 5.74) is 2.40. The molecular weight excluding hydrogens is 426 g/mol. The standard InChI is InChI=1S/C25H35NO5S/c1-6-9-14-26(15-10-7-2)21-16-20(25(27)28)17-23(32(29,30)8-3)24(21)31-22-13-11-12-18(4)19(22)5/h11-13,16-17H,6-10,14-15H2,1-5H3,(H,27,28). The first kappa shape index (κ1) is 25.7. The van der Waals surface area contributed by atoms with E-state index in [1.165, 1.54) is 6.07 Å². The van der Waals surface area contributed by atoms with E-state index in [2.05, 4.69) is 18.7 Å². The van der Waals surface area contributed by atoms with E-state index in [1.807, 2.05) is 32.0 Å². The van der Waals surface area contributed by atoms with Gasteiger partial charge in [-0.15, -0.1) is 0 Å². The molecule has 0 aromatic heterocycles. The number of carboxylic acids is 1. The van der Waals surface area contributed by atoms with Gasteiger partial charge in [0.15, 0.2) is 15.6 Å². The summed E-state index contributed by atoms with van der Waals surface area (Å²) in [6, 6.07) is 8.41. The topological polar surface area (TPSA) is 83.9 Å². The molecule has 0 aliphatic heterocycles. The van der Waals surface area contributed by atoms with Gasteiger partial charge >= 0.3 is 5.97 Å². The van der Waals surface area contributed by atoms with Crippen LogP contribution >= 0.6 is 0 Å². The highest BCUT2D eigenvalue weighted by Gasteiger charge is 2.27. The Labute approximate surface area is 192 Å². The van der Waals surface area contributed by atoms with Crippen LogP contribution in [0.5, 0.6) is 11.5 Å². The number of sulfone groups is 1. The molecule has 2 rings (SSSR count). The van der Waals surface area contributed by atoms with Crippen molar-refractivity contribution in [3.63, 3.8) is 0 Å². The molecule has 7 heteroatoms. The minimum absolute atomic E-state index is 0.0571. The van der Waals surface area contributed by atoms with E-state index in [0.29, 0.717) is 24.5 Å². The molecule has 1 N–H and O–H groups in total. The molecule has 0 unspecified atom stereocenters. The van der Waals surface area contributed by atoms with E-state index in [-0.39, 0.29) is 22.0 Å². The van der Waals surface area contributed by atoms with Gasteiger partial charge in [0, 0.05) is 13.1 Å². The zero-order valence-electron chi connectivity index (χ0n) is 19.8. The average molecular weight is 462 g/mol. The Bertz CT molecular complexity index is 1040. The second-order valence-electron chi connectivity index (χ2n) is 8.03. The lowest BCUT2D eigenvalue weighted by Gasteiger charge is -2.28. The fourth-order valence-corrected chi connectivity index (χ4v) is 4.48. The number of unbranched alkanes of at least 4 members (excludes halogenated alkanes) is 2. The van der Waals surface area contributed by atoms with Gasteiger partial charge in [-0.05, 0) is 56.0 Å². The summed E-state index contributed by atoms with van der Waals surface area (Å²) in [7, 11) is -3.74. The number of aromatic carboxylic acids is 1. The third-order valence-corrected chi connectivity index (χ3v) is 7.40. The first-order valence-electron chi connectivity index (χ1n) is 11.3. The van der Waals surface area contributed by atoms with Crippen LogP contribution in [0.15, 0.2) is 35.2 Å². The Morgan fingerprint density at radius 3 is 2.19 bits per heavy atom. The minimum atomic E-state index is -3.74. The van der Waals surface area contributed by atoms with Crippen molar-refractivity contribution in [2.75, 3.05) is 23.7 Å². The number of aryl methyl sites for hydroxylation is 1. The van der Waals surface area contributed by atoms with E-state index in [1.54, 1.807) is 13.0 Å². The third-order valence-electron chi connectivity index (χ3n) is 5.67. The molecule has 176 valence electrons. The maximum atomic E-state index is 13.1. The molecule has 0 amide bonds. The van der Waals surface area contributed by atoms with Crippen molar-refractivity contribution in [3.05, 3.63) is 47.0 Å². The van der Waals surface area contributed by atoms with Crippen LogP contribution in [0.25, 0.3) is 0 Å². The number of hydrogen-bond acceptors (Lipinski definition) is 5. The number of benzene rings is 2. The zero-order valence-corrected chi connectivity index (χ0v) is 20.6. The molecule has 6 nitrogen and oxygen atoms in total. The number of carboxylic acid groups (broad SMARTS) is 1. The fraction of sp³-hybridized carbons (Fsp3) is 0.480. The maximum absolute atomic E-state index is 13.1. The van der Waals surface area contributed by atoms with Gasteiger partial charge in [-0.1, -0.05) is 45.7 Å². The molecule has 0 saturated carbocycles. The highest BCUT2D eigenvalue weighted by Crippen LogP contribution is 2.41. The monoisotopic (exact) mass is 461 g/mol. The molecule has 0 fully saturated rings. The SMILES string of the molecule is CCCCN(CCCC)c1cc(C(=O)O)cc(S(=O)(=O)CC)c1Oc1cccc(C)c1C. The molecule has 0 aliphatic rings.